The third-order valence-corrected chi connectivity index (χ3v) is 3.70. The highest BCUT2D eigenvalue weighted by Crippen LogP contribution is 2.27. The number of ether oxygens (including phenoxy) is 1. The Bertz CT molecular complexity index is 447. The molecule has 0 aromatic heterocycles. The van der Waals surface area contributed by atoms with Crippen molar-refractivity contribution in [3.63, 3.8) is 0 Å². The molecule has 2 rings (SSSR count). The first-order valence-electron chi connectivity index (χ1n) is 5.30. The minimum absolute atomic E-state index is 0.469. The summed E-state index contributed by atoms with van der Waals surface area (Å²) in [5, 5.41) is 0. The third kappa shape index (κ3) is 2.61. The summed E-state index contributed by atoms with van der Waals surface area (Å²) in [7, 11) is 1.22. The Labute approximate surface area is 104 Å². The fraction of sp³-hybridized carbons (Fsp3) is 0.333. The van der Waals surface area contributed by atoms with Crippen molar-refractivity contribution in [1.82, 2.24) is 4.90 Å². The summed E-state index contributed by atoms with van der Waals surface area (Å²) in [5.74, 6) is -0.570. The number of hydrogen-bond acceptors (Lipinski definition) is 4. The van der Waals surface area contributed by atoms with Gasteiger partial charge in [0.05, 0.1) is 7.11 Å². The maximum atomic E-state index is 11.7. The summed E-state index contributed by atoms with van der Waals surface area (Å²) < 4.78 is 4.46. The van der Waals surface area contributed by atoms with Crippen LogP contribution < -0.4 is 0 Å². The van der Waals surface area contributed by atoms with E-state index in [1.807, 2.05) is 24.3 Å². The van der Waals surface area contributed by atoms with Crippen molar-refractivity contribution < 1.29 is 14.3 Å². The van der Waals surface area contributed by atoms with Crippen LogP contribution in [0.25, 0.3) is 0 Å². The summed E-state index contributed by atoms with van der Waals surface area (Å²) in [6.07, 6.45) is 0. The Balaban J connectivity index is 2.18. The Morgan fingerprint density at radius 2 is 2.12 bits per heavy atom. The second kappa shape index (κ2) is 5.23. The Morgan fingerprint density at radius 3 is 2.88 bits per heavy atom. The molecule has 0 aliphatic carbocycles. The minimum Gasteiger partial charge on any atom is -0.462 e. The molecule has 1 aromatic carbocycles. The van der Waals surface area contributed by atoms with Crippen molar-refractivity contribution in [3.05, 3.63) is 29.8 Å². The van der Waals surface area contributed by atoms with E-state index >= 15 is 0 Å². The zero-order chi connectivity index (χ0) is 12.3. The van der Waals surface area contributed by atoms with Crippen molar-refractivity contribution in [2.24, 2.45) is 0 Å². The first-order valence-corrected chi connectivity index (χ1v) is 6.29. The molecule has 5 heteroatoms. The molecule has 1 aromatic rings. The molecule has 0 saturated carbocycles. The lowest BCUT2D eigenvalue weighted by atomic mass is 10.2. The summed E-state index contributed by atoms with van der Waals surface area (Å²) in [5.41, 5.74) is 1.08. The third-order valence-electron chi connectivity index (χ3n) is 2.60. The number of rotatable bonds is 0. The molecule has 0 unspecified atom stereocenters. The largest absolute Gasteiger partial charge is 0.462 e. The van der Waals surface area contributed by atoms with Gasteiger partial charge >= 0.3 is 11.9 Å². The van der Waals surface area contributed by atoms with E-state index in [1.54, 1.807) is 11.8 Å². The van der Waals surface area contributed by atoms with Crippen LogP contribution in [0.1, 0.15) is 5.56 Å². The van der Waals surface area contributed by atoms with E-state index in [1.165, 1.54) is 16.9 Å². The quantitative estimate of drug-likeness (QED) is 0.515. The van der Waals surface area contributed by atoms with Crippen LogP contribution in [0.4, 0.5) is 0 Å². The summed E-state index contributed by atoms with van der Waals surface area (Å²) in [6.45, 7) is 1.03. The van der Waals surface area contributed by atoms with Gasteiger partial charge in [0.15, 0.2) is 0 Å². The number of nitrogens with zero attached hydrogens (tertiary/aromatic N) is 1. The van der Waals surface area contributed by atoms with Gasteiger partial charge in [-0.3, -0.25) is 4.79 Å². The van der Waals surface area contributed by atoms with Gasteiger partial charge in [-0.2, -0.15) is 0 Å². The fourth-order valence-corrected chi connectivity index (χ4v) is 2.74. The van der Waals surface area contributed by atoms with Crippen LogP contribution in [0, 0.1) is 0 Å². The lowest BCUT2D eigenvalue weighted by Crippen LogP contribution is -2.37. The van der Waals surface area contributed by atoms with Crippen molar-refractivity contribution >= 4 is 23.6 Å². The van der Waals surface area contributed by atoms with Gasteiger partial charge in [-0.05, 0) is 11.6 Å². The standard InChI is InChI=1S/C12H13NO3S/c1-16-12(15)11(14)13-6-7-17-10-5-3-2-4-9(10)8-13/h2-5H,6-8H2,1H3. The molecule has 0 fully saturated rings. The molecule has 90 valence electrons. The van der Waals surface area contributed by atoms with Gasteiger partial charge in [0.2, 0.25) is 0 Å². The Hall–Kier alpha value is -1.49. The number of carbonyl (C=O) groups is 2. The average molecular weight is 251 g/mol. The molecule has 0 N–H and O–H groups in total. The van der Waals surface area contributed by atoms with E-state index < -0.39 is 11.9 Å². The van der Waals surface area contributed by atoms with E-state index in [0.717, 1.165) is 11.3 Å². The molecule has 0 radical (unpaired) electrons. The van der Waals surface area contributed by atoms with Crippen molar-refractivity contribution in [2.45, 2.75) is 11.4 Å². The second-order valence-corrected chi connectivity index (χ2v) is 4.81. The van der Waals surface area contributed by atoms with Crippen LogP contribution in [-0.4, -0.2) is 36.2 Å². The van der Waals surface area contributed by atoms with Gasteiger partial charge in [-0.15, -0.1) is 11.8 Å². The van der Waals surface area contributed by atoms with Gasteiger partial charge in [-0.25, -0.2) is 4.79 Å². The van der Waals surface area contributed by atoms with Crippen molar-refractivity contribution in [2.75, 3.05) is 19.4 Å². The topological polar surface area (TPSA) is 46.6 Å². The molecule has 17 heavy (non-hydrogen) atoms. The maximum Gasteiger partial charge on any atom is 0.396 e. The predicted octanol–water partition coefficient (Wildman–Crippen LogP) is 1.29. The number of fused-ring (bicyclic) bond motifs is 1. The molecular formula is C12H13NO3S. The Kier molecular flexibility index (Phi) is 3.68. The molecule has 0 spiro atoms. The van der Waals surface area contributed by atoms with Crippen LogP contribution in [0.3, 0.4) is 0 Å². The van der Waals surface area contributed by atoms with Gasteiger partial charge in [0.25, 0.3) is 0 Å². The first kappa shape index (κ1) is 12.0. The highest BCUT2D eigenvalue weighted by molar-refractivity contribution is 7.99. The van der Waals surface area contributed by atoms with E-state index in [2.05, 4.69) is 4.74 Å². The van der Waals surface area contributed by atoms with Gasteiger partial charge in [0, 0.05) is 23.7 Å². The van der Waals surface area contributed by atoms with E-state index in [0.29, 0.717) is 13.1 Å². The SMILES string of the molecule is COC(=O)C(=O)N1CCSc2ccccc2C1. The van der Waals surface area contributed by atoms with Crippen LogP contribution in [-0.2, 0) is 20.9 Å². The lowest BCUT2D eigenvalue weighted by molar-refractivity contribution is -0.158. The molecular weight excluding hydrogens is 238 g/mol. The number of amides is 1. The highest BCUT2D eigenvalue weighted by Gasteiger charge is 2.24. The van der Waals surface area contributed by atoms with E-state index in [9.17, 15) is 9.59 Å². The summed E-state index contributed by atoms with van der Waals surface area (Å²) >= 11 is 1.70. The normalized spacial score (nSPS) is 14.8. The fourth-order valence-electron chi connectivity index (χ4n) is 1.72. The smallest absolute Gasteiger partial charge is 0.396 e. The number of benzene rings is 1. The number of methoxy groups -OCH3 is 1. The molecule has 0 atom stereocenters. The number of esters is 1. The zero-order valence-corrected chi connectivity index (χ0v) is 10.3. The zero-order valence-electron chi connectivity index (χ0n) is 9.51. The monoisotopic (exact) mass is 251 g/mol. The molecule has 1 heterocycles. The molecule has 1 amide bonds. The van der Waals surface area contributed by atoms with Crippen molar-refractivity contribution in [1.29, 1.82) is 0 Å². The number of carbonyl (C=O) groups excluding carboxylic acids is 2. The maximum absolute atomic E-state index is 11.7. The Morgan fingerprint density at radius 1 is 1.35 bits per heavy atom. The molecule has 1 aliphatic rings. The first-order chi connectivity index (χ1) is 8.22. The van der Waals surface area contributed by atoms with Gasteiger partial charge in [-0.1, -0.05) is 18.2 Å². The van der Waals surface area contributed by atoms with Crippen LogP contribution >= 0.6 is 11.8 Å². The molecule has 0 bridgehead atoms. The van der Waals surface area contributed by atoms with Gasteiger partial charge in [0.1, 0.15) is 0 Å². The summed E-state index contributed by atoms with van der Waals surface area (Å²) in [6, 6.07) is 7.92. The van der Waals surface area contributed by atoms with Crippen LogP contribution in [0.5, 0.6) is 0 Å². The second-order valence-electron chi connectivity index (χ2n) is 3.67. The van der Waals surface area contributed by atoms with Crippen LogP contribution in [0.15, 0.2) is 29.2 Å². The van der Waals surface area contributed by atoms with Crippen molar-refractivity contribution in [3.8, 4) is 0 Å². The van der Waals surface area contributed by atoms with E-state index in [4.69, 9.17) is 0 Å². The highest BCUT2D eigenvalue weighted by atomic mass is 32.2. The molecule has 0 saturated heterocycles. The lowest BCUT2D eigenvalue weighted by Gasteiger charge is -2.18. The minimum atomic E-state index is -0.797. The number of thioether (sulfide) groups is 1. The van der Waals surface area contributed by atoms with Crippen LogP contribution in [0.2, 0.25) is 0 Å². The average Bonchev–Trinajstić information content (AvgIpc) is 2.58. The number of hydrogen-bond donors (Lipinski definition) is 0. The summed E-state index contributed by atoms with van der Waals surface area (Å²) in [4.78, 5) is 25.7. The molecule has 1 aliphatic heterocycles. The van der Waals surface area contributed by atoms with Gasteiger partial charge < -0.3 is 9.64 Å². The van der Waals surface area contributed by atoms with E-state index in [-0.39, 0.29) is 0 Å². The predicted molar refractivity (Wildman–Crippen MR) is 64.6 cm³/mol. The molecule has 4 nitrogen and oxygen atoms in total.